The van der Waals surface area contributed by atoms with Crippen molar-refractivity contribution in [3.05, 3.63) is 30.1 Å². The van der Waals surface area contributed by atoms with Crippen molar-refractivity contribution in [2.45, 2.75) is 64.8 Å². The van der Waals surface area contributed by atoms with E-state index in [0.717, 1.165) is 67.7 Å². The standard InChI is InChI=1S/C23H31N3O/c1-2-9-26-20-6-4-3-5-19(20)25-21(26)7-8-24-22(27)23-13-16-10-17(14-23)12-18(11-16)15-23/h3-6,16-18H,2,7-15H2,1H3,(H,24,27). The first kappa shape index (κ1) is 17.3. The minimum absolute atomic E-state index is 0.0433. The van der Waals surface area contributed by atoms with Crippen LogP contribution in [0.15, 0.2) is 24.3 Å². The van der Waals surface area contributed by atoms with Crippen molar-refractivity contribution in [3.63, 3.8) is 0 Å². The first-order valence-electron chi connectivity index (χ1n) is 10.9. The van der Waals surface area contributed by atoms with E-state index in [1.54, 1.807) is 0 Å². The normalized spacial score (nSPS) is 31.5. The van der Waals surface area contributed by atoms with E-state index in [1.165, 1.54) is 24.8 Å². The van der Waals surface area contributed by atoms with Crippen LogP contribution in [0.2, 0.25) is 0 Å². The third kappa shape index (κ3) is 2.97. The summed E-state index contributed by atoms with van der Waals surface area (Å²) in [4.78, 5) is 18.0. The molecule has 1 heterocycles. The molecule has 27 heavy (non-hydrogen) atoms. The molecule has 4 nitrogen and oxygen atoms in total. The molecule has 0 aliphatic heterocycles. The maximum atomic E-state index is 13.1. The smallest absolute Gasteiger partial charge is 0.226 e. The predicted molar refractivity (Wildman–Crippen MR) is 107 cm³/mol. The number of imidazole rings is 1. The zero-order valence-electron chi connectivity index (χ0n) is 16.4. The zero-order chi connectivity index (χ0) is 18.4. The SMILES string of the molecule is CCCn1c(CCNC(=O)C23CC4CC(CC(C4)C2)C3)nc2ccccc21. The highest BCUT2D eigenvalue weighted by atomic mass is 16.2. The van der Waals surface area contributed by atoms with Gasteiger partial charge in [0.05, 0.1) is 11.0 Å². The Hall–Kier alpha value is -1.84. The van der Waals surface area contributed by atoms with Gasteiger partial charge in [-0.05, 0) is 74.8 Å². The molecule has 4 heteroatoms. The fourth-order valence-corrected chi connectivity index (χ4v) is 6.65. The average molecular weight is 366 g/mol. The van der Waals surface area contributed by atoms with E-state index >= 15 is 0 Å². The maximum Gasteiger partial charge on any atom is 0.226 e. The molecular formula is C23H31N3O. The predicted octanol–water partition coefficient (Wildman–Crippen LogP) is 4.32. The van der Waals surface area contributed by atoms with Crippen molar-refractivity contribution >= 4 is 16.9 Å². The van der Waals surface area contributed by atoms with Crippen LogP contribution in [0.3, 0.4) is 0 Å². The summed E-state index contributed by atoms with van der Waals surface area (Å²) in [6.07, 6.45) is 9.46. The lowest BCUT2D eigenvalue weighted by Crippen LogP contribution is -2.53. The highest BCUT2D eigenvalue weighted by Crippen LogP contribution is 2.60. The van der Waals surface area contributed by atoms with Crippen LogP contribution < -0.4 is 5.32 Å². The van der Waals surface area contributed by atoms with Crippen molar-refractivity contribution in [1.82, 2.24) is 14.9 Å². The largest absolute Gasteiger partial charge is 0.355 e. The Labute approximate surface area is 161 Å². The minimum atomic E-state index is -0.0433. The topological polar surface area (TPSA) is 46.9 Å². The van der Waals surface area contributed by atoms with Gasteiger partial charge in [-0.1, -0.05) is 19.1 Å². The van der Waals surface area contributed by atoms with Gasteiger partial charge in [-0.15, -0.1) is 0 Å². The van der Waals surface area contributed by atoms with Crippen LogP contribution in [0.5, 0.6) is 0 Å². The van der Waals surface area contributed by atoms with Crippen molar-refractivity contribution < 1.29 is 4.79 Å². The zero-order valence-corrected chi connectivity index (χ0v) is 16.4. The molecule has 0 spiro atoms. The van der Waals surface area contributed by atoms with Gasteiger partial charge in [0.25, 0.3) is 0 Å². The second-order valence-electron chi connectivity index (χ2n) is 9.37. The summed E-state index contributed by atoms with van der Waals surface area (Å²) in [6, 6.07) is 8.35. The summed E-state index contributed by atoms with van der Waals surface area (Å²) in [6.45, 7) is 3.89. The summed E-state index contributed by atoms with van der Waals surface area (Å²) in [5.74, 6) is 3.88. The number of fused-ring (bicyclic) bond motifs is 1. The van der Waals surface area contributed by atoms with E-state index in [0.29, 0.717) is 12.5 Å². The molecule has 0 saturated heterocycles. The van der Waals surface area contributed by atoms with Crippen LogP contribution >= 0.6 is 0 Å². The number of benzene rings is 1. The van der Waals surface area contributed by atoms with Gasteiger partial charge in [0.2, 0.25) is 5.91 Å². The maximum absolute atomic E-state index is 13.1. The summed E-state index contributed by atoms with van der Waals surface area (Å²) in [7, 11) is 0. The Kier molecular flexibility index (Phi) is 4.25. The lowest BCUT2D eigenvalue weighted by Gasteiger charge is -2.55. The van der Waals surface area contributed by atoms with Gasteiger partial charge in [0.1, 0.15) is 5.82 Å². The average Bonchev–Trinajstić information content (AvgIpc) is 2.99. The molecule has 4 fully saturated rings. The number of hydrogen-bond donors (Lipinski definition) is 1. The van der Waals surface area contributed by atoms with E-state index < -0.39 is 0 Å². The quantitative estimate of drug-likeness (QED) is 0.829. The fourth-order valence-electron chi connectivity index (χ4n) is 6.65. The fraction of sp³-hybridized carbons (Fsp3) is 0.652. The molecule has 0 unspecified atom stereocenters. The first-order chi connectivity index (χ1) is 13.2. The molecule has 0 radical (unpaired) electrons. The van der Waals surface area contributed by atoms with Crippen LogP contribution in [0.4, 0.5) is 0 Å². The van der Waals surface area contributed by atoms with Crippen molar-refractivity contribution in [2.24, 2.45) is 23.2 Å². The monoisotopic (exact) mass is 365 g/mol. The van der Waals surface area contributed by atoms with Crippen LogP contribution in [-0.4, -0.2) is 22.0 Å². The Bertz CT molecular complexity index is 817. The van der Waals surface area contributed by atoms with Gasteiger partial charge in [-0.2, -0.15) is 0 Å². The molecule has 4 aliphatic rings. The highest BCUT2D eigenvalue weighted by molar-refractivity contribution is 5.83. The lowest BCUT2D eigenvalue weighted by molar-refractivity contribution is -0.146. The molecule has 2 aromatic rings. The first-order valence-corrected chi connectivity index (χ1v) is 10.9. The number of nitrogens with zero attached hydrogens (tertiary/aromatic N) is 2. The second-order valence-corrected chi connectivity index (χ2v) is 9.37. The van der Waals surface area contributed by atoms with E-state index in [1.807, 2.05) is 6.07 Å². The molecule has 1 aromatic heterocycles. The number of nitrogens with one attached hydrogen (secondary N) is 1. The molecule has 4 saturated carbocycles. The number of carbonyl (C=O) groups is 1. The van der Waals surface area contributed by atoms with E-state index in [2.05, 4.69) is 35.0 Å². The molecule has 1 amide bonds. The number of amides is 1. The Morgan fingerprint density at radius 3 is 2.48 bits per heavy atom. The molecule has 1 aromatic carbocycles. The highest BCUT2D eigenvalue weighted by Gasteiger charge is 2.54. The molecular weight excluding hydrogens is 334 g/mol. The number of aryl methyl sites for hydroxylation is 1. The van der Waals surface area contributed by atoms with Crippen LogP contribution in [-0.2, 0) is 17.8 Å². The summed E-state index contributed by atoms with van der Waals surface area (Å²) in [5, 5.41) is 3.31. The van der Waals surface area contributed by atoms with E-state index in [-0.39, 0.29) is 5.41 Å². The Morgan fingerprint density at radius 1 is 1.15 bits per heavy atom. The third-order valence-electron chi connectivity index (χ3n) is 7.33. The van der Waals surface area contributed by atoms with Crippen LogP contribution in [0, 0.1) is 23.2 Å². The van der Waals surface area contributed by atoms with Crippen molar-refractivity contribution in [3.8, 4) is 0 Å². The molecule has 1 N–H and O–H groups in total. The van der Waals surface area contributed by atoms with Gasteiger partial charge in [0, 0.05) is 24.9 Å². The Balaban J connectivity index is 1.27. The van der Waals surface area contributed by atoms with Gasteiger partial charge in [0.15, 0.2) is 0 Å². The van der Waals surface area contributed by atoms with Gasteiger partial charge in [-0.25, -0.2) is 4.98 Å². The summed E-state index contributed by atoms with van der Waals surface area (Å²) in [5.41, 5.74) is 2.23. The molecule has 4 bridgehead atoms. The lowest BCUT2D eigenvalue weighted by atomic mass is 9.49. The van der Waals surface area contributed by atoms with Crippen molar-refractivity contribution in [1.29, 1.82) is 0 Å². The van der Waals surface area contributed by atoms with Crippen LogP contribution in [0.25, 0.3) is 11.0 Å². The Morgan fingerprint density at radius 2 is 1.81 bits per heavy atom. The van der Waals surface area contributed by atoms with Gasteiger partial charge in [-0.3, -0.25) is 4.79 Å². The van der Waals surface area contributed by atoms with Gasteiger partial charge < -0.3 is 9.88 Å². The number of para-hydroxylation sites is 2. The van der Waals surface area contributed by atoms with Crippen molar-refractivity contribution in [2.75, 3.05) is 6.54 Å². The summed E-state index contributed by atoms with van der Waals surface area (Å²) >= 11 is 0. The second kappa shape index (κ2) is 6.65. The van der Waals surface area contributed by atoms with Crippen LogP contribution in [0.1, 0.15) is 57.7 Å². The molecule has 4 aliphatic carbocycles. The molecule has 144 valence electrons. The number of carbonyl (C=O) groups excluding carboxylic acids is 1. The number of rotatable bonds is 6. The minimum Gasteiger partial charge on any atom is -0.355 e. The van der Waals surface area contributed by atoms with E-state index in [4.69, 9.17) is 4.98 Å². The van der Waals surface area contributed by atoms with E-state index in [9.17, 15) is 4.79 Å². The van der Waals surface area contributed by atoms with Gasteiger partial charge >= 0.3 is 0 Å². The molecule has 0 atom stereocenters. The third-order valence-corrected chi connectivity index (χ3v) is 7.33. The summed E-state index contributed by atoms with van der Waals surface area (Å²) < 4.78 is 2.33. The number of aromatic nitrogens is 2. The molecule has 6 rings (SSSR count). The number of hydrogen-bond acceptors (Lipinski definition) is 2.